The summed E-state index contributed by atoms with van der Waals surface area (Å²) in [6.07, 6.45) is 3.23. The maximum atomic E-state index is 4.11. The van der Waals surface area contributed by atoms with Crippen molar-refractivity contribution in [2.75, 3.05) is 0 Å². The van der Waals surface area contributed by atoms with E-state index in [1.807, 2.05) is 5.01 Å². The minimum absolute atomic E-state index is 0.367. The van der Waals surface area contributed by atoms with Gasteiger partial charge in [-0.1, -0.05) is 29.6 Å². The quantitative estimate of drug-likeness (QED) is 0.294. The fourth-order valence-corrected chi connectivity index (χ4v) is 1.23. The van der Waals surface area contributed by atoms with Crippen LogP contribution in [0.15, 0.2) is 10.3 Å². The van der Waals surface area contributed by atoms with Gasteiger partial charge in [0.05, 0.1) is 6.04 Å². The van der Waals surface area contributed by atoms with E-state index in [0.717, 1.165) is 12.8 Å². The normalized spacial score (nSPS) is 10.9. The molecule has 0 unspecified atom stereocenters. The van der Waals surface area contributed by atoms with Crippen LogP contribution in [0.4, 0.5) is 0 Å². The molecule has 3 nitrogen and oxygen atoms in total. The molecular weight excluding hydrogens is 186 g/mol. The second-order valence-corrected chi connectivity index (χ2v) is 4.15. The van der Waals surface area contributed by atoms with Crippen LogP contribution in [0.2, 0.25) is 0 Å². The summed E-state index contributed by atoms with van der Waals surface area (Å²) in [6, 6.07) is 3.46. The van der Waals surface area contributed by atoms with Gasteiger partial charge in [-0.25, -0.2) is 0 Å². The SMILES string of the molecule is CCCCC#C/N=N\N(C(C)C)C(C)C. The highest BCUT2D eigenvalue weighted by atomic mass is 15.6. The topological polar surface area (TPSA) is 28.0 Å². The molecule has 0 aromatic carbocycles. The number of hydrogen-bond acceptors (Lipinski definition) is 2. The first-order valence-electron chi connectivity index (χ1n) is 5.76. The first-order chi connectivity index (χ1) is 7.09. The Balaban J connectivity index is 4.04. The molecule has 0 fully saturated rings. The number of rotatable bonds is 5. The largest absolute Gasteiger partial charge is 0.273 e. The van der Waals surface area contributed by atoms with Crippen LogP contribution < -0.4 is 0 Å². The minimum Gasteiger partial charge on any atom is -0.273 e. The van der Waals surface area contributed by atoms with Crippen molar-refractivity contribution < 1.29 is 0 Å². The van der Waals surface area contributed by atoms with E-state index in [-0.39, 0.29) is 0 Å². The summed E-state index contributed by atoms with van der Waals surface area (Å²) < 4.78 is 0. The summed E-state index contributed by atoms with van der Waals surface area (Å²) in [5.74, 6) is 2.98. The highest BCUT2D eigenvalue weighted by Gasteiger charge is 2.09. The Morgan fingerprint density at radius 2 is 1.73 bits per heavy atom. The number of unbranched alkanes of at least 4 members (excludes halogenated alkanes) is 2. The molecule has 0 rings (SSSR count). The molecular formula is C12H23N3. The maximum Gasteiger partial charge on any atom is 0.0593 e. The van der Waals surface area contributed by atoms with Gasteiger partial charge in [-0.2, -0.15) is 0 Å². The van der Waals surface area contributed by atoms with Crippen LogP contribution in [0.25, 0.3) is 0 Å². The molecule has 0 aliphatic carbocycles. The minimum atomic E-state index is 0.367. The molecule has 0 aliphatic heterocycles. The highest BCUT2D eigenvalue weighted by molar-refractivity contribution is 4.95. The summed E-state index contributed by atoms with van der Waals surface area (Å²) in [5.41, 5.74) is 0. The first kappa shape index (κ1) is 14.0. The van der Waals surface area contributed by atoms with Crippen molar-refractivity contribution in [2.24, 2.45) is 10.3 Å². The van der Waals surface area contributed by atoms with E-state index in [9.17, 15) is 0 Å². The van der Waals surface area contributed by atoms with E-state index in [2.05, 4.69) is 56.9 Å². The molecule has 0 aliphatic rings. The van der Waals surface area contributed by atoms with Gasteiger partial charge in [0.25, 0.3) is 0 Å². The fraction of sp³-hybridized carbons (Fsp3) is 0.833. The van der Waals surface area contributed by atoms with Crippen LogP contribution >= 0.6 is 0 Å². The molecule has 0 N–H and O–H groups in total. The van der Waals surface area contributed by atoms with Gasteiger partial charge in [-0.05, 0) is 34.1 Å². The molecule has 0 atom stereocenters. The lowest BCUT2D eigenvalue weighted by Crippen LogP contribution is -2.31. The zero-order chi connectivity index (χ0) is 11.7. The lowest BCUT2D eigenvalue weighted by molar-refractivity contribution is 0.170. The van der Waals surface area contributed by atoms with Gasteiger partial charge in [0.15, 0.2) is 0 Å². The van der Waals surface area contributed by atoms with Crippen molar-refractivity contribution in [3.05, 3.63) is 0 Å². The standard InChI is InChI=1S/C12H23N3/c1-6-7-8-9-10-13-14-15(11(2)3)12(4)5/h11-12H,6-8H2,1-5H3/b14-13-. The molecule has 0 radical (unpaired) electrons. The molecule has 0 saturated heterocycles. The van der Waals surface area contributed by atoms with Crippen molar-refractivity contribution in [3.8, 4) is 12.0 Å². The van der Waals surface area contributed by atoms with Crippen LogP contribution in [-0.2, 0) is 0 Å². The summed E-state index contributed by atoms with van der Waals surface area (Å²) in [4.78, 5) is 0. The monoisotopic (exact) mass is 209 g/mol. The predicted octanol–water partition coefficient (Wildman–Crippen LogP) is 3.62. The van der Waals surface area contributed by atoms with Crippen molar-refractivity contribution in [3.63, 3.8) is 0 Å². The Labute approximate surface area is 93.9 Å². The third-order valence-electron chi connectivity index (χ3n) is 1.99. The third kappa shape index (κ3) is 6.96. The average molecular weight is 209 g/mol. The Morgan fingerprint density at radius 1 is 1.13 bits per heavy atom. The summed E-state index contributed by atoms with van der Waals surface area (Å²) in [5, 5.41) is 9.93. The van der Waals surface area contributed by atoms with E-state index in [1.54, 1.807) is 0 Å². The van der Waals surface area contributed by atoms with Gasteiger partial charge >= 0.3 is 0 Å². The second kappa shape index (κ2) is 8.28. The summed E-state index contributed by atoms with van der Waals surface area (Å²) in [7, 11) is 0. The van der Waals surface area contributed by atoms with E-state index in [1.165, 1.54) is 6.42 Å². The van der Waals surface area contributed by atoms with Gasteiger partial charge in [-0.3, -0.25) is 5.01 Å². The molecule has 0 heterocycles. The van der Waals surface area contributed by atoms with Crippen LogP contribution in [-0.4, -0.2) is 17.1 Å². The Kier molecular flexibility index (Phi) is 7.71. The maximum absolute atomic E-state index is 4.11. The van der Waals surface area contributed by atoms with Crippen LogP contribution in [0.3, 0.4) is 0 Å². The molecule has 0 bridgehead atoms. The third-order valence-corrected chi connectivity index (χ3v) is 1.99. The Hall–Kier alpha value is -1.04. The lowest BCUT2D eigenvalue weighted by atomic mass is 10.3. The second-order valence-electron chi connectivity index (χ2n) is 4.15. The van der Waals surface area contributed by atoms with Gasteiger partial charge < -0.3 is 0 Å². The number of hydrogen-bond donors (Lipinski definition) is 0. The number of nitrogens with zero attached hydrogens (tertiary/aromatic N) is 3. The van der Waals surface area contributed by atoms with E-state index in [4.69, 9.17) is 0 Å². The van der Waals surface area contributed by atoms with Crippen molar-refractivity contribution >= 4 is 0 Å². The molecule has 0 amide bonds. The summed E-state index contributed by atoms with van der Waals surface area (Å²) in [6.45, 7) is 10.6. The molecule has 0 aromatic heterocycles. The van der Waals surface area contributed by atoms with Gasteiger partial charge in [0, 0.05) is 18.5 Å². The molecule has 0 aromatic rings. The molecule has 0 saturated carbocycles. The highest BCUT2D eigenvalue weighted by Crippen LogP contribution is 2.05. The van der Waals surface area contributed by atoms with Gasteiger partial charge in [0.2, 0.25) is 0 Å². The molecule has 15 heavy (non-hydrogen) atoms. The Bertz CT molecular complexity index is 225. The fourth-order valence-electron chi connectivity index (χ4n) is 1.23. The van der Waals surface area contributed by atoms with Crippen LogP contribution in [0.5, 0.6) is 0 Å². The molecule has 3 heteroatoms. The van der Waals surface area contributed by atoms with Crippen molar-refractivity contribution in [2.45, 2.75) is 66.0 Å². The Morgan fingerprint density at radius 3 is 2.20 bits per heavy atom. The molecule has 86 valence electrons. The van der Waals surface area contributed by atoms with Gasteiger partial charge in [0.1, 0.15) is 0 Å². The van der Waals surface area contributed by atoms with E-state index < -0.39 is 0 Å². The van der Waals surface area contributed by atoms with Crippen LogP contribution in [0.1, 0.15) is 53.9 Å². The summed E-state index contributed by atoms with van der Waals surface area (Å²) >= 11 is 0. The van der Waals surface area contributed by atoms with Crippen LogP contribution in [0, 0.1) is 12.0 Å². The predicted molar refractivity (Wildman–Crippen MR) is 64.3 cm³/mol. The van der Waals surface area contributed by atoms with Crippen molar-refractivity contribution in [1.82, 2.24) is 5.01 Å². The zero-order valence-electron chi connectivity index (χ0n) is 10.6. The van der Waals surface area contributed by atoms with E-state index in [0.29, 0.717) is 12.1 Å². The van der Waals surface area contributed by atoms with E-state index >= 15 is 0 Å². The zero-order valence-corrected chi connectivity index (χ0v) is 10.6. The molecule has 0 spiro atoms. The van der Waals surface area contributed by atoms with Gasteiger partial charge in [-0.15, -0.1) is 0 Å². The average Bonchev–Trinajstić information content (AvgIpc) is 2.15. The lowest BCUT2D eigenvalue weighted by Gasteiger charge is -2.25. The first-order valence-corrected chi connectivity index (χ1v) is 5.76. The smallest absolute Gasteiger partial charge is 0.0593 e. The van der Waals surface area contributed by atoms with Crippen molar-refractivity contribution in [1.29, 1.82) is 0 Å².